The zero-order valence-electron chi connectivity index (χ0n) is 13.2. The van der Waals surface area contributed by atoms with E-state index in [9.17, 15) is 4.79 Å². The zero-order valence-corrected chi connectivity index (χ0v) is 14.0. The molecule has 118 valence electrons. The van der Waals surface area contributed by atoms with E-state index in [0.29, 0.717) is 6.42 Å². The molecule has 2 aromatic heterocycles. The summed E-state index contributed by atoms with van der Waals surface area (Å²) in [5.41, 5.74) is 2.17. The molecule has 3 heterocycles. The second-order valence-corrected chi connectivity index (χ2v) is 6.84. The van der Waals surface area contributed by atoms with Crippen LogP contribution in [0.15, 0.2) is 17.8 Å². The molecule has 0 N–H and O–H groups in total. The Hall–Kier alpha value is -1.69. The van der Waals surface area contributed by atoms with Crippen LogP contribution in [0.3, 0.4) is 0 Å². The number of nitrogens with zero attached hydrogens (tertiary/aromatic N) is 4. The van der Waals surface area contributed by atoms with Gasteiger partial charge in [0.25, 0.3) is 0 Å². The molecule has 1 aliphatic heterocycles. The maximum atomic E-state index is 12.6. The van der Waals surface area contributed by atoms with E-state index in [2.05, 4.69) is 15.5 Å². The molecule has 0 spiro atoms. The van der Waals surface area contributed by atoms with Gasteiger partial charge in [-0.15, -0.1) is 11.3 Å². The molecule has 0 radical (unpaired) electrons. The number of piperidine rings is 1. The van der Waals surface area contributed by atoms with E-state index in [1.54, 1.807) is 16.0 Å². The van der Waals surface area contributed by atoms with E-state index in [-0.39, 0.29) is 11.9 Å². The lowest BCUT2D eigenvalue weighted by Gasteiger charge is -2.34. The molecule has 5 nitrogen and oxygen atoms in total. The van der Waals surface area contributed by atoms with E-state index >= 15 is 0 Å². The fraction of sp³-hybridized carbons (Fsp3) is 0.562. The predicted molar refractivity (Wildman–Crippen MR) is 86.7 cm³/mol. The highest BCUT2D eigenvalue weighted by atomic mass is 32.1. The third-order valence-corrected chi connectivity index (χ3v) is 5.19. The van der Waals surface area contributed by atoms with Crippen molar-refractivity contribution in [3.8, 4) is 0 Å². The second kappa shape index (κ2) is 6.60. The van der Waals surface area contributed by atoms with E-state index in [0.717, 1.165) is 42.1 Å². The van der Waals surface area contributed by atoms with Crippen molar-refractivity contribution in [1.82, 2.24) is 19.7 Å². The van der Waals surface area contributed by atoms with Gasteiger partial charge in [0, 0.05) is 37.3 Å². The quantitative estimate of drug-likeness (QED) is 0.871. The van der Waals surface area contributed by atoms with Crippen LogP contribution in [0, 0.1) is 6.92 Å². The minimum Gasteiger partial charge on any atom is -0.333 e. The number of thiazole rings is 1. The fourth-order valence-corrected chi connectivity index (χ4v) is 3.95. The number of rotatable bonds is 4. The lowest BCUT2D eigenvalue weighted by molar-refractivity contribution is -0.135. The first-order chi connectivity index (χ1) is 10.6. The maximum Gasteiger partial charge on any atom is 0.223 e. The summed E-state index contributed by atoms with van der Waals surface area (Å²) >= 11 is 1.68. The van der Waals surface area contributed by atoms with E-state index in [1.165, 1.54) is 6.42 Å². The van der Waals surface area contributed by atoms with Gasteiger partial charge in [0.1, 0.15) is 5.01 Å². The number of aryl methyl sites for hydroxylation is 3. The number of hydrogen-bond donors (Lipinski definition) is 0. The number of amides is 1. The molecule has 1 amide bonds. The van der Waals surface area contributed by atoms with Gasteiger partial charge >= 0.3 is 0 Å². The first kappa shape index (κ1) is 15.2. The molecule has 0 saturated carbocycles. The van der Waals surface area contributed by atoms with E-state index in [4.69, 9.17) is 0 Å². The average Bonchev–Trinajstić information content (AvgIpc) is 3.13. The van der Waals surface area contributed by atoms with Gasteiger partial charge in [0.05, 0.1) is 12.2 Å². The lowest BCUT2D eigenvalue weighted by atomic mass is 10.0. The summed E-state index contributed by atoms with van der Waals surface area (Å²) in [5.74, 6) is 0.237. The Kier molecular flexibility index (Phi) is 4.57. The molecule has 0 aliphatic carbocycles. The van der Waals surface area contributed by atoms with Crippen molar-refractivity contribution in [2.24, 2.45) is 7.05 Å². The molecular formula is C16H22N4OS. The normalized spacial score (nSPS) is 18.6. The Morgan fingerprint density at radius 2 is 2.32 bits per heavy atom. The van der Waals surface area contributed by atoms with Crippen molar-refractivity contribution in [2.45, 2.75) is 45.1 Å². The third-order valence-electron chi connectivity index (χ3n) is 4.13. The molecule has 1 atom stereocenters. The lowest BCUT2D eigenvalue weighted by Crippen LogP contribution is -2.38. The Labute approximate surface area is 135 Å². The van der Waals surface area contributed by atoms with Crippen molar-refractivity contribution in [1.29, 1.82) is 0 Å². The summed E-state index contributed by atoms with van der Waals surface area (Å²) in [6.07, 6.45) is 8.43. The minimum atomic E-state index is 0.175. The minimum absolute atomic E-state index is 0.175. The van der Waals surface area contributed by atoms with Crippen LogP contribution in [0.4, 0.5) is 0 Å². The van der Waals surface area contributed by atoms with Crippen LogP contribution in [0.5, 0.6) is 0 Å². The fourth-order valence-electron chi connectivity index (χ4n) is 3.01. The maximum absolute atomic E-state index is 12.6. The highest BCUT2D eigenvalue weighted by Crippen LogP contribution is 2.33. The monoisotopic (exact) mass is 318 g/mol. The molecule has 6 heteroatoms. The van der Waals surface area contributed by atoms with Gasteiger partial charge in [0.2, 0.25) is 5.91 Å². The van der Waals surface area contributed by atoms with Crippen LogP contribution in [-0.4, -0.2) is 32.1 Å². The van der Waals surface area contributed by atoms with Gasteiger partial charge in [-0.2, -0.15) is 5.10 Å². The highest BCUT2D eigenvalue weighted by molar-refractivity contribution is 7.09. The van der Waals surface area contributed by atoms with Gasteiger partial charge < -0.3 is 4.90 Å². The molecule has 1 fully saturated rings. The summed E-state index contributed by atoms with van der Waals surface area (Å²) in [4.78, 5) is 19.3. The largest absolute Gasteiger partial charge is 0.333 e. The third kappa shape index (κ3) is 3.38. The van der Waals surface area contributed by atoms with Gasteiger partial charge in [-0.25, -0.2) is 4.98 Å². The zero-order chi connectivity index (χ0) is 15.5. The van der Waals surface area contributed by atoms with E-state index < -0.39 is 0 Å². The van der Waals surface area contributed by atoms with Crippen LogP contribution >= 0.6 is 11.3 Å². The van der Waals surface area contributed by atoms with Crippen LogP contribution in [0.2, 0.25) is 0 Å². The van der Waals surface area contributed by atoms with Gasteiger partial charge in [0.15, 0.2) is 0 Å². The molecule has 0 aromatic carbocycles. The van der Waals surface area contributed by atoms with Crippen molar-refractivity contribution >= 4 is 17.2 Å². The number of carbonyl (C=O) groups is 1. The van der Waals surface area contributed by atoms with Crippen molar-refractivity contribution < 1.29 is 4.79 Å². The number of hydrogen-bond acceptors (Lipinski definition) is 4. The predicted octanol–water partition coefficient (Wildman–Crippen LogP) is 2.87. The highest BCUT2D eigenvalue weighted by Gasteiger charge is 2.29. The van der Waals surface area contributed by atoms with Crippen molar-refractivity contribution in [3.05, 3.63) is 34.0 Å². The van der Waals surface area contributed by atoms with Crippen LogP contribution in [0.1, 0.15) is 48.0 Å². The SMILES string of the molecule is Cc1csc([C@H]2CCCCN2C(=O)CCc2cnn(C)c2)n1. The van der Waals surface area contributed by atoms with Gasteiger partial charge in [-0.1, -0.05) is 0 Å². The smallest absolute Gasteiger partial charge is 0.223 e. The van der Waals surface area contributed by atoms with Crippen molar-refractivity contribution in [2.75, 3.05) is 6.54 Å². The number of aromatic nitrogens is 3. The van der Waals surface area contributed by atoms with Crippen LogP contribution in [0.25, 0.3) is 0 Å². The second-order valence-electron chi connectivity index (χ2n) is 5.95. The summed E-state index contributed by atoms with van der Waals surface area (Å²) in [7, 11) is 1.90. The molecule has 22 heavy (non-hydrogen) atoms. The Morgan fingerprint density at radius 1 is 1.45 bits per heavy atom. The molecule has 1 aliphatic rings. The standard InChI is InChI=1S/C16H22N4OS/c1-12-11-22-16(18-12)14-5-3-4-8-20(14)15(21)7-6-13-9-17-19(2)10-13/h9-11,14H,3-8H2,1-2H3/t14-/m1/s1. The Bertz CT molecular complexity index is 648. The first-order valence-electron chi connectivity index (χ1n) is 7.82. The molecule has 0 unspecified atom stereocenters. The van der Waals surface area contributed by atoms with Gasteiger partial charge in [-0.05, 0) is 38.2 Å². The van der Waals surface area contributed by atoms with Crippen LogP contribution < -0.4 is 0 Å². The molecule has 2 aromatic rings. The van der Waals surface area contributed by atoms with Crippen molar-refractivity contribution in [3.63, 3.8) is 0 Å². The Morgan fingerprint density at radius 3 is 3.00 bits per heavy atom. The molecule has 3 rings (SSSR count). The Balaban J connectivity index is 1.66. The molecule has 0 bridgehead atoms. The summed E-state index contributed by atoms with van der Waals surface area (Å²) in [6.45, 7) is 2.87. The summed E-state index contributed by atoms with van der Waals surface area (Å²) < 4.78 is 1.78. The molecular weight excluding hydrogens is 296 g/mol. The molecule has 1 saturated heterocycles. The number of likely N-dealkylation sites (tertiary alicyclic amines) is 1. The van der Waals surface area contributed by atoms with Gasteiger partial charge in [-0.3, -0.25) is 9.48 Å². The average molecular weight is 318 g/mol. The summed E-state index contributed by atoms with van der Waals surface area (Å²) in [5, 5.41) is 7.32. The first-order valence-corrected chi connectivity index (χ1v) is 8.70. The van der Waals surface area contributed by atoms with E-state index in [1.807, 2.05) is 31.3 Å². The van der Waals surface area contributed by atoms with Crippen LogP contribution in [-0.2, 0) is 18.3 Å². The topological polar surface area (TPSA) is 51.0 Å². The summed E-state index contributed by atoms with van der Waals surface area (Å²) in [6, 6.07) is 0.175. The number of carbonyl (C=O) groups excluding carboxylic acids is 1.